The fourth-order valence-electron chi connectivity index (χ4n) is 3.12. The molecule has 146 valence electrons. The summed E-state index contributed by atoms with van der Waals surface area (Å²) in [5.74, 6) is 0.203. The van der Waals surface area contributed by atoms with Gasteiger partial charge in [-0.2, -0.15) is 0 Å². The molecule has 2 aromatic heterocycles. The monoisotopic (exact) mass is 409 g/mol. The van der Waals surface area contributed by atoms with Crippen molar-refractivity contribution in [3.63, 3.8) is 0 Å². The molecule has 0 radical (unpaired) electrons. The first kappa shape index (κ1) is 18.8. The molecule has 8 heteroatoms. The molecule has 7 nitrogen and oxygen atoms in total. The number of nitrogens with one attached hydrogen (secondary N) is 1. The molecule has 29 heavy (non-hydrogen) atoms. The van der Waals surface area contributed by atoms with E-state index < -0.39 is 17.2 Å². The number of carbonyl (C=O) groups is 1. The molecule has 1 N–H and O–H groups in total. The van der Waals surface area contributed by atoms with Gasteiger partial charge in [-0.05, 0) is 36.4 Å². The number of aromatic nitrogens is 2. The average molecular weight is 410 g/mol. The summed E-state index contributed by atoms with van der Waals surface area (Å²) in [5, 5.41) is 3.28. The van der Waals surface area contributed by atoms with Gasteiger partial charge in [-0.3, -0.25) is 14.2 Å². The van der Waals surface area contributed by atoms with E-state index in [0.29, 0.717) is 16.7 Å². The molecule has 0 fully saturated rings. The van der Waals surface area contributed by atoms with Crippen molar-refractivity contribution in [3.05, 3.63) is 98.5 Å². The number of rotatable bonds is 5. The van der Waals surface area contributed by atoms with Gasteiger partial charge in [0.1, 0.15) is 12.3 Å². The van der Waals surface area contributed by atoms with Crippen molar-refractivity contribution in [1.29, 1.82) is 0 Å². The first-order valence-corrected chi connectivity index (χ1v) is 9.22. The van der Waals surface area contributed by atoms with Gasteiger partial charge in [0, 0.05) is 0 Å². The fraction of sp³-hybridized carbons (Fsp3) is 0.0952. The minimum atomic E-state index is -0.644. The van der Waals surface area contributed by atoms with E-state index in [1.807, 2.05) is 0 Å². The van der Waals surface area contributed by atoms with Crippen LogP contribution in [-0.2, 0) is 17.9 Å². The van der Waals surface area contributed by atoms with Gasteiger partial charge in [0.25, 0.3) is 5.56 Å². The van der Waals surface area contributed by atoms with Crippen LogP contribution in [0.3, 0.4) is 0 Å². The third kappa shape index (κ3) is 3.60. The summed E-state index contributed by atoms with van der Waals surface area (Å²) in [6.45, 7) is -0.0620. The van der Waals surface area contributed by atoms with E-state index in [2.05, 4.69) is 5.32 Å². The lowest BCUT2D eigenvalue weighted by molar-refractivity contribution is -0.121. The van der Waals surface area contributed by atoms with Crippen LogP contribution in [-0.4, -0.2) is 15.0 Å². The van der Waals surface area contributed by atoms with Gasteiger partial charge in [0.15, 0.2) is 0 Å². The van der Waals surface area contributed by atoms with Gasteiger partial charge < -0.3 is 9.73 Å². The highest BCUT2D eigenvalue weighted by Crippen LogP contribution is 2.18. The molecule has 4 aromatic rings. The van der Waals surface area contributed by atoms with Crippen LogP contribution < -0.4 is 16.6 Å². The fourth-order valence-corrected chi connectivity index (χ4v) is 3.34. The maximum Gasteiger partial charge on any atom is 0.336 e. The summed E-state index contributed by atoms with van der Waals surface area (Å²) in [6.07, 6.45) is 1.51. The largest absolute Gasteiger partial charge is 0.467 e. The lowest BCUT2D eigenvalue weighted by Crippen LogP contribution is -2.41. The summed E-state index contributed by atoms with van der Waals surface area (Å²) in [6, 6.07) is 16.7. The molecule has 0 spiro atoms. The average Bonchev–Trinajstić information content (AvgIpc) is 3.25. The number of amides is 1. The number of hydrogen-bond donors (Lipinski definition) is 1. The summed E-state index contributed by atoms with van der Waals surface area (Å²) in [5.41, 5.74) is -0.500. The Morgan fingerprint density at radius 3 is 2.52 bits per heavy atom. The van der Waals surface area contributed by atoms with Crippen molar-refractivity contribution < 1.29 is 9.21 Å². The molecule has 0 saturated carbocycles. The van der Waals surface area contributed by atoms with E-state index in [-0.39, 0.29) is 23.8 Å². The van der Waals surface area contributed by atoms with Gasteiger partial charge in [0.05, 0.1) is 34.4 Å². The second kappa shape index (κ2) is 7.81. The normalized spacial score (nSPS) is 10.9. The molecular formula is C21H16ClN3O4. The van der Waals surface area contributed by atoms with Crippen LogP contribution in [0.25, 0.3) is 16.6 Å². The maximum absolute atomic E-state index is 13.2. The Labute approximate surface area is 169 Å². The van der Waals surface area contributed by atoms with Crippen molar-refractivity contribution in [3.8, 4) is 5.69 Å². The molecule has 2 heterocycles. The maximum atomic E-state index is 13.2. The Bertz CT molecular complexity index is 1310. The molecule has 0 bridgehead atoms. The minimum absolute atomic E-state index is 0.197. The Hall–Kier alpha value is -3.58. The number of furan rings is 1. The van der Waals surface area contributed by atoms with Crippen molar-refractivity contribution in [1.82, 2.24) is 14.5 Å². The number of halogens is 1. The van der Waals surface area contributed by atoms with Crippen molar-refractivity contribution >= 4 is 28.4 Å². The second-order valence-corrected chi connectivity index (χ2v) is 6.74. The van der Waals surface area contributed by atoms with Crippen molar-refractivity contribution in [2.75, 3.05) is 0 Å². The van der Waals surface area contributed by atoms with Gasteiger partial charge in [-0.25, -0.2) is 9.36 Å². The highest BCUT2D eigenvalue weighted by Gasteiger charge is 2.17. The van der Waals surface area contributed by atoms with Crippen LogP contribution in [0.5, 0.6) is 0 Å². The Kier molecular flexibility index (Phi) is 5.05. The lowest BCUT2D eigenvalue weighted by atomic mass is 10.2. The minimum Gasteiger partial charge on any atom is -0.467 e. The number of nitrogens with zero attached hydrogens (tertiary/aromatic N) is 2. The zero-order valence-electron chi connectivity index (χ0n) is 15.2. The van der Waals surface area contributed by atoms with Crippen LogP contribution in [0.15, 0.2) is 80.9 Å². The molecular weight excluding hydrogens is 394 g/mol. The highest BCUT2D eigenvalue weighted by atomic mass is 35.5. The van der Waals surface area contributed by atoms with Crippen LogP contribution in [0, 0.1) is 0 Å². The summed E-state index contributed by atoms with van der Waals surface area (Å²) in [7, 11) is 0. The number of benzene rings is 2. The van der Waals surface area contributed by atoms with E-state index in [1.54, 1.807) is 60.7 Å². The molecule has 0 aliphatic heterocycles. The molecule has 2 aromatic carbocycles. The number of para-hydroxylation sites is 2. The number of fused-ring (bicyclic) bond motifs is 1. The zero-order chi connectivity index (χ0) is 20.4. The quantitative estimate of drug-likeness (QED) is 0.549. The summed E-state index contributed by atoms with van der Waals surface area (Å²) < 4.78 is 7.44. The van der Waals surface area contributed by atoms with E-state index in [1.165, 1.54) is 10.8 Å². The van der Waals surface area contributed by atoms with Crippen LogP contribution in [0.1, 0.15) is 5.76 Å². The molecule has 0 saturated heterocycles. The van der Waals surface area contributed by atoms with Gasteiger partial charge in [-0.15, -0.1) is 0 Å². The van der Waals surface area contributed by atoms with E-state index >= 15 is 0 Å². The molecule has 0 aliphatic carbocycles. The molecule has 1 amide bonds. The van der Waals surface area contributed by atoms with Gasteiger partial charge >= 0.3 is 5.69 Å². The van der Waals surface area contributed by atoms with E-state index in [4.69, 9.17) is 16.0 Å². The SMILES string of the molecule is O=C(Cn1c(=O)n(-c2ccccc2Cl)c(=O)c2ccccc21)NCc1ccco1. The smallest absolute Gasteiger partial charge is 0.336 e. The first-order chi connectivity index (χ1) is 14.1. The third-order valence-electron chi connectivity index (χ3n) is 4.49. The summed E-state index contributed by atoms with van der Waals surface area (Å²) in [4.78, 5) is 38.7. The summed E-state index contributed by atoms with van der Waals surface area (Å²) >= 11 is 6.22. The number of carbonyl (C=O) groups excluding carboxylic acids is 1. The molecule has 0 unspecified atom stereocenters. The van der Waals surface area contributed by atoms with E-state index in [9.17, 15) is 14.4 Å². The van der Waals surface area contributed by atoms with Crippen LogP contribution in [0.4, 0.5) is 0 Å². The molecule has 0 atom stereocenters. The third-order valence-corrected chi connectivity index (χ3v) is 4.81. The van der Waals surface area contributed by atoms with Crippen LogP contribution in [0.2, 0.25) is 5.02 Å². The Balaban J connectivity index is 1.81. The van der Waals surface area contributed by atoms with E-state index in [0.717, 1.165) is 4.57 Å². The Morgan fingerprint density at radius 1 is 1.00 bits per heavy atom. The standard InChI is InChI=1S/C21H16ClN3O4/c22-16-8-2-4-10-18(16)25-20(27)15-7-1-3-9-17(15)24(21(25)28)13-19(26)23-12-14-6-5-11-29-14/h1-11H,12-13H2,(H,23,26). The van der Waals surface area contributed by atoms with Crippen LogP contribution >= 0.6 is 11.6 Å². The molecule has 0 aliphatic rings. The number of hydrogen-bond acceptors (Lipinski definition) is 4. The van der Waals surface area contributed by atoms with Gasteiger partial charge in [0.2, 0.25) is 5.91 Å². The zero-order valence-corrected chi connectivity index (χ0v) is 15.9. The van der Waals surface area contributed by atoms with Crippen molar-refractivity contribution in [2.24, 2.45) is 0 Å². The predicted octanol–water partition coefficient (Wildman–Crippen LogP) is 2.72. The van der Waals surface area contributed by atoms with Gasteiger partial charge in [-0.1, -0.05) is 35.9 Å². The first-order valence-electron chi connectivity index (χ1n) is 8.85. The highest BCUT2D eigenvalue weighted by molar-refractivity contribution is 6.32. The topological polar surface area (TPSA) is 86.2 Å². The van der Waals surface area contributed by atoms with Crippen molar-refractivity contribution in [2.45, 2.75) is 13.1 Å². The second-order valence-electron chi connectivity index (χ2n) is 6.33. The molecule has 4 rings (SSSR count). The lowest BCUT2D eigenvalue weighted by Gasteiger charge is -2.14. The Morgan fingerprint density at radius 2 is 1.76 bits per heavy atom. The predicted molar refractivity (Wildman–Crippen MR) is 109 cm³/mol.